The van der Waals surface area contributed by atoms with Gasteiger partial charge in [0.25, 0.3) is 11.7 Å². The monoisotopic (exact) mass is 537 g/mol. The molecule has 1 aromatic heterocycles. The van der Waals surface area contributed by atoms with Crippen molar-refractivity contribution in [1.82, 2.24) is 4.98 Å². The van der Waals surface area contributed by atoms with Crippen LogP contribution >= 0.6 is 23.2 Å². The fourth-order valence-corrected chi connectivity index (χ4v) is 5.55. The maximum absolute atomic E-state index is 13.4. The van der Waals surface area contributed by atoms with Gasteiger partial charge >= 0.3 is 0 Å². The highest BCUT2D eigenvalue weighted by molar-refractivity contribution is 6.51. The van der Waals surface area contributed by atoms with Crippen molar-refractivity contribution in [2.75, 3.05) is 30.0 Å². The van der Waals surface area contributed by atoms with Gasteiger partial charge in [-0.3, -0.25) is 19.5 Å². The summed E-state index contributed by atoms with van der Waals surface area (Å²) in [4.78, 5) is 34.9. The number of ether oxygens (including phenoxy) is 1. The molecule has 5 rings (SSSR count). The Balaban J connectivity index is 1.64. The third-order valence-electron chi connectivity index (χ3n) is 6.73. The minimum Gasteiger partial charge on any atom is -0.507 e. The summed E-state index contributed by atoms with van der Waals surface area (Å²) >= 11 is 12.5. The van der Waals surface area contributed by atoms with Crippen molar-refractivity contribution in [3.63, 3.8) is 0 Å². The van der Waals surface area contributed by atoms with E-state index < -0.39 is 23.5 Å². The Labute approximate surface area is 224 Å². The van der Waals surface area contributed by atoms with Gasteiger partial charge in [-0.15, -0.1) is 0 Å². The molecule has 1 N–H and O–H groups in total. The molecule has 2 aliphatic rings. The molecule has 2 aromatic carbocycles. The Hall–Kier alpha value is -3.55. The number of aromatic nitrogens is 1. The number of anilines is 2. The van der Waals surface area contributed by atoms with Crippen LogP contribution in [0.15, 0.2) is 66.4 Å². The van der Waals surface area contributed by atoms with Crippen molar-refractivity contribution < 1.29 is 19.4 Å². The molecule has 0 saturated carbocycles. The van der Waals surface area contributed by atoms with E-state index in [1.54, 1.807) is 24.4 Å². The van der Waals surface area contributed by atoms with E-state index in [0.717, 1.165) is 31.6 Å². The van der Waals surface area contributed by atoms with Crippen molar-refractivity contribution >= 4 is 52.0 Å². The summed E-state index contributed by atoms with van der Waals surface area (Å²) in [5.41, 5.74) is 2.00. The van der Waals surface area contributed by atoms with Crippen molar-refractivity contribution in [2.24, 2.45) is 0 Å². The zero-order valence-electron chi connectivity index (χ0n) is 20.2. The Morgan fingerprint density at radius 2 is 1.70 bits per heavy atom. The first-order valence-electron chi connectivity index (χ1n) is 12.0. The normalized spacial score (nSPS) is 19.4. The maximum Gasteiger partial charge on any atom is 0.300 e. The third kappa shape index (κ3) is 4.65. The van der Waals surface area contributed by atoms with Crippen LogP contribution in [0.25, 0.3) is 5.76 Å². The molecule has 3 aromatic rings. The quantitative estimate of drug-likeness (QED) is 0.243. The van der Waals surface area contributed by atoms with Gasteiger partial charge in [0.1, 0.15) is 17.6 Å². The number of ketones is 1. The first-order valence-corrected chi connectivity index (χ1v) is 12.8. The number of Topliss-reactive ketones (excluding diaryl/α,β-unsaturated/α-hetero) is 1. The molecule has 9 heteroatoms. The molecule has 0 bridgehead atoms. The predicted octanol–water partition coefficient (Wildman–Crippen LogP) is 6.01. The first kappa shape index (κ1) is 25.1. The summed E-state index contributed by atoms with van der Waals surface area (Å²) in [7, 11) is 1.39. The van der Waals surface area contributed by atoms with Gasteiger partial charge in [-0.2, -0.15) is 0 Å². The number of benzene rings is 2. The number of aliphatic hydroxyl groups excluding tert-OH is 1. The number of hydrogen-bond donors (Lipinski definition) is 1. The van der Waals surface area contributed by atoms with Crippen molar-refractivity contribution in [3.8, 4) is 5.75 Å². The summed E-state index contributed by atoms with van der Waals surface area (Å²) in [5, 5.41) is 11.8. The molecule has 190 valence electrons. The predicted molar refractivity (Wildman–Crippen MR) is 145 cm³/mol. The minimum absolute atomic E-state index is 0.111. The maximum atomic E-state index is 13.4. The van der Waals surface area contributed by atoms with Gasteiger partial charge in [0, 0.05) is 35.7 Å². The molecule has 1 amide bonds. The molecule has 7 nitrogen and oxygen atoms in total. The highest BCUT2D eigenvalue weighted by Gasteiger charge is 2.48. The second-order valence-corrected chi connectivity index (χ2v) is 9.80. The molecule has 0 spiro atoms. The summed E-state index contributed by atoms with van der Waals surface area (Å²) in [6.45, 7) is 1.98. The smallest absolute Gasteiger partial charge is 0.300 e. The van der Waals surface area contributed by atoms with Crippen LogP contribution in [0.3, 0.4) is 0 Å². The number of methoxy groups -OCH3 is 1. The standard InChI is InChI=1S/C28H25Cl2N3O4/c1-37-27-20(15-17(29)16-21(27)30)25(34)23-24(22-7-3-4-12-31-22)33(28(36)26(23)35)19-10-8-18(9-11-19)32-13-5-2-6-14-32/h3-4,7-12,15-16,24,34H,2,5-6,13-14H2,1H3/b25-23+. The van der Waals surface area contributed by atoms with Crippen LogP contribution in [-0.4, -0.2) is 42.0 Å². The first-order chi connectivity index (χ1) is 17.9. The topological polar surface area (TPSA) is 83.0 Å². The molecule has 37 heavy (non-hydrogen) atoms. The Bertz CT molecular complexity index is 1370. The van der Waals surface area contributed by atoms with Gasteiger partial charge in [-0.1, -0.05) is 29.3 Å². The molecule has 2 aliphatic heterocycles. The summed E-state index contributed by atoms with van der Waals surface area (Å²) < 4.78 is 5.38. The van der Waals surface area contributed by atoms with E-state index in [1.807, 2.05) is 24.3 Å². The lowest BCUT2D eigenvalue weighted by Gasteiger charge is -2.30. The zero-order chi connectivity index (χ0) is 26.1. The van der Waals surface area contributed by atoms with E-state index in [4.69, 9.17) is 27.9 Å². The summed E-state index contributed by atoms with van der Waals surface area (Å²) in [6, 6.07) is 14.7. The number of carbonyl (C=O) groups excluding carboxylic acids is 2. The number of carbonyl (C=O) groups is 2. The zero-order valence-corrected chi connectivity index (χ0v) is 21.7. The lowest BCUT2D eigenvalue weighted by molar-refractivity contribution is -0.132. The number of rotatable bonds is 5. The number of halogens is 2. The molecule has 0 aliphatic carbocycles. The number of hydrogen-bond acceptors (Lipinski definition) is 6. The van der Waals surface area contributed by atoms with Crippen molar-refractivity contribution in [3.05, 3.63) is 87.7 Å². The van der Waals surface area contributed by atoms with E-state index in [9.17, 15) is 14.7 Å². The van der Waals surface area contributed by atoms with Crippen molar-refractivity contribution in [1.29, 1.82) is 0 Å². The van der Waals surface area contributed by atoms with Crippen LogP contribution in [0.2, 0.25) is 10.0 Å². The molecule has 1 unspecified atom stereocenters. The van der Waals surface area contributed by atoms with Gasteiger partial charge < -0.3 is 14.7 Å². The largest absolute Gasteiger partial charge is 0.507 e. The van der Waals surface area contributed by atoms with Crippen LogP contribution in [0.1, 0.15) is 36.6 Å². The van der Waals surface area contributed by atoms with E-state index >= 15 is 0 Å². The van der Waals surface area contributed by atoms with E-state index in [2.05, 4.69) is 9.88 Å². The minimum atomic E-state index is -0.968. The highest BCUT2D eigenvalue weighted by atomic mass is 35.5. The number of piperidine rings is 1. The van der Waals surface area contributed by atoms with Gasteiger partial charge in [-0.05, 0) is 67.8 Å². The molecule has 2 fully saturated rings. The average Bonchev–Trinajstić information content (AvgIpc) is 3.19. The van der Waals surface area contributed by atoms with Gasteiger partial charge in [0.05, 0.1) is 29.0 Å². The Morgan fingerprint density at radius 3 is 2.35 bits per heavy atom. The second-order valence-electron chi connectivity index (χ2n) is 8.96. The average molecular weight is 538 g/mol. The third-order valence-corrected chi connectivity index (χ3v) is 7.23. The van der Waals surface area contributed by atoms with Crippen LogP contribution in [-0.2, 0) is 9.59 Å². The van der Waals surface area contributed by atoms with Crippen LogP contribution in [0, 0.1) is 0 Å². The van der Waals surface area contributed by atoms with Gasteiger partial charge in [-0.25, -0.2) is 0 Å². The molecule has 3 heterocycles. The highest BCUT2D eigenvalue weighted by Crippen LogP contribution is 2.44. The lowest BCUT2D eigenvalue weighted by atomic mass is 9.97. The number of aliphatic hydroxyl groups is 1. The fraction of sp³-hybridized carbons (Fsp3) is 0.250. The van der Waals surface area contributed by atoms with Gasteiger partial charge in [0.15, 0.2) is 0 Å². The van der Waals surface area contributed by atoms with Crippen LogP contribution in [0.4, 0.5) is 11.4 Å². The molecular formula is C28H25Cl2N3O4. The van der Waals surface area contributed by atoms with Crippen LogP contribution in [0.5, 0.6) is 5.75 Å². The second kappa shape index (κ2) is 10.4. The molecule has 0 radical (unpaired) electrons. The van der Waals surface area contributed by atoms with E-state index in [0.29, 0.717) is 11.4 Å². The van der Waals surface area contributed by atoms with E-state index in [-0.39, 0.29) is 26.9 Å². The fourth-order valence-electron chi connectivity index (χ4n) is 4.98. The number of amides is 1. The number of pyridine rings is 1. The lowest BCUT2D eigenvalue weighted by Crippen LogP contribution is -2.31. The number of nitrogens with zero attached hydrogens (tertiary/aromatic N) is 3. The van der Waals surface area contributed by atoms with E-state index in [1.165, 1.54) is 30.6 Å². The van der Waals surface area contributed by atoms with Gasteiger partial charge in [0.2, 0.25) is 0 Å². The SMILES string of the molecule is COc1c(Cl)cc(Cl)cc1/C(O)=C1\C(=O)C(=O)N(c2ccc(N3CCCCC3)cc2)C1c1ccccn1. The molecule has 2 saturated heterocycles. The summed E-state index contributed by atoms with van der Waals surface area (Å²) in [6.07, 6.45) is 5.09. The van der Waals surface area contributed by atoms with Crippen molar-refractivity contribution in [2.45, 2.75) is 25.3 Å². The molecular weight excluding hydrogens is 513 g/mol. The Morgan fingerprint density at radius 1 is 1.00 bits per heavy atom. The molecule has 1 atom stereocenters. The summed E-state index contributed by atoms with van der Waals surface area (Å²) in [5.74, 6) is -1.91. The Kier molecular flexibility index (Phi) is 7.09. The van der Waals surface area contributed by atoms with Crippen LogP contribution < -0.4 is 14.5 Å².